The summed E-state index contributed by atoms with van der Waals surface area (Å²) in [4.78, 5) is 37.5. The van der Waals surface area contributed by atoms with Crippen molar-refractivity contribution in [2.45, 2.75) is 6.18 Å². The van der Waals surface area contributed by atoms with Crippen molar-refractivity contribution >= 4 is 40.9 Å². The molecule has 1 aliphatic heterocycles. The van der Waals surface area contributed by atoms with Crippen LogP contribution in [0, 0.1) is 0 Å². The lowest BCUT2D eigenvalue weighted by atomic mass is 10.1. The first-order valence-electron chi connectivity index (χ1n) is 8.46. The van der Waals surface area contributed by atoms with Crippen molar-refractivity contribution < 1.29 is 27.6 Å². The Morgan fingerprint density at radius 3 is 2.38 bits per heavy atom. The Kier molecular flexibility index (Phi) is 6.12. The molecule has 152 valence electrons. The average Bonchev–Trinajstić information content (AvgIpc) is 3.06. The highest BCUT2D eigenvalue weighted by Gasteiger charge is 2.30. The van der Waals surface area contributed by atoms with Crippen molar-refractivity contribution in [3.8, 4) is 0 Å². The second-order valence-electron chi connectivity index (χ2n) is 6.23. The molecule has 1 heterocycles. The minimum absolute atomic E-state index is 0.00399. The van der Waals surface area contributed by atoms with E-state index in [1.54, 1.807) is 6.07 Å². The molecule has 10 heteroatoms. The van der Waals surface area contributed by atoms with Gasteiger partial charge in [-0.15, -0.1) is 11.8 Å². The third-order valence-electron chi connectivity index (χ3n) is 4.02. The summed E-state index contributed by atoms with van der Waals surface area (Å²) in [5.41, 5.74) is -0.366. The zero-order valence-corrected chi connectivity index (χ0v) is 15.8. The molecule has 0 spiro atoms. The van der Waals surface area contributed by atoms with Gasteiger partial charge in [0.25, 0.3) is 5.91 Å². The van der Waals surface area contributed by atoms with Crippen molar-refractivity contribution in [3.63, 3.8) is 0 Å². The number of nitrogens with zero attached hydrogens (tertiary/aromatic N) is 1. The van der Waals surface area contributed by atoms with Gasteiger partial charge >= 0.3 is 6.18 Å². The van der Waals surface area contributed by atoms with Crippen molar-refractivity contribution in [1.82, 2.24) is 4.90 Å². The number of halogens is 3. The van der Waals surface area contributed by atoms with Gasteiger partial charge in [-0.2, -0.15) is 13.2 Å². The van der Waals surface area contributed by atoms with Gasteiger partial charge in [-0.25, -0.2) is 0 Å². The Balaban J connectivity index is 1.65. The molecule has 1 fully saturated rings. The highest BCUT2D eigenvalue weighted by Crippen LogP contribution is 2.30. The van der Waals surface area contributed by atoms with Crippen molar-refractivity contribution in [3.05, 3.63) is 59.7 Å². The van der Waals surface area contributed by atoms with Gasteiger partial charge in [0.1, 0.15) is 6.54 Å². The second-order valence-corrected chi connectivity index (χ2v) is 7.19. The minimum atomic E-state index is -4.51. The van der Waals surface area contributed by atoms with Crippen molar-refractivity contribution in [2.75, 3.05) is 28.8 Å². The fourth-order valence-electron chi connectivity index (χ4n) is 2.63. The number of amides is 3. The molecule has 0 atom stereocenters. The van der Waals surface area contributed by atoms with Crippen LogP contribution in [-0.4, -0.2) is 40.8 Å². The zero-order chi connectivity index (χ0) is 21.0. The standard InChI is InChI=1S/C19H16F3N3O3S/c20-19(21,22)13-4-2-6-15(8-13)24-18(28)12-3-1-5-14(7-12)23-16(26)9-25-11-29-10-17(25)27/h1-8H,9-11H2,(H,23,26)(H,24,28). The summed E-state index contributed by atoms with van der Waals surface area (Å²) in [6.07, 6.45) is -4.51. The van der Waals surface area contributed by atoms with Crippen LogP contribution in [0.5, 0.6) is 0 Å². The van der Waals surface area contributed by atoms with Crippen LogP contribution in [0.3, 0.4) is 0 Å². The van der Waals surface area contributed by atoms with E-state index in [-0.39, 0.29) is 23.7 Å². The predicted octanol–water partition coefficient (Wildman–Crippen LogP) is 3.43. The van der Waals surface area contributed by atoms with Gasteiger partial charge in [0, 0.05) is 16.9 Å². The maximum absolute atomic E-state index is 12.8. The summed E-state index contributed by atoms with van der Waals surface area (Å²) in [5.74, 6) is -0.341. The van der Waals surface area contributed by atoms with E-state index in [0.29, 0.717) is 17.3 Å². The smallest absolute Gasteiger partial charge is 0.325 e. The number of carbonyl (C=O) groups is 3. The predicted molar refractivity (Wildman–Crippen MR) is 104 cm³/mol. The molecule has 3 rings (SSSR count). The Hall–Kier alpha value is -3.01. The molecule has 0 saturated carbocycles. The molecule has 2 N–H and O–H groups in total. The van der Waals surface area contributed by atoms with Gasteiger partial charge in [-0.3, -0.25) is 14.4 Å². The minimum Gasteiger partial charge on any atom is -0.325 e. The number of carbonyl (C=O) groups excluding carboxylic acids is 3. The van der Waals surface area contributed by atoms with Crippen LogP contribution in [0.25, 0.3) is 0 Å². The molecule has 1 aliphatic rings. The average molecular weight is 423 g/mol. The molecule has 0 bridgehead atoms. The first-order chi connectivity index (χ1) is 13.7. The van der Waals surface area contributed by atoms with Crippen molar-refractivity contribution in [2.24, 2.45) is 0 Å². The van der Waals surface area contributed by atoms with Crippen LogP contribution in [0.1, 0.15) is 15.9 Å². The summed E-state index contributed by atoms with van der Waals surface area (Å²) < 4.78 is 38.4. The maximum Gasteiger partial charge on any atom is 0.416 e. The third kappa shape index (κ3) is 5.50. The summed E-state index contributed by atoms with van der Waals surface area (Å²) in [5, 5.41) is 5.02. The molecular formula is C19H16F3N3O3S. The summed E-state index contributed by atoms with van der Waals surface area (Å²) in [7, 11) is 0. The number of anilines is 2. The van der Waals surface area contributed by atoms with E-state index in [4.69, 9.17) is 0 Å². The van der Waals surface area contributed by atoms with E-state index in [2.05, 4.69) is 10.6 Å². The van der Waals surface area contributed by atoms with E-state index in [1.165, 1.54) is 47.0 Å². The van der Waals surface area contributed by atoms with Crippen LogP contribution in [0.2, 0.25) is 0 Å². The largest absolute Gasteiger partial charge is 0.416 e. The van der Waals surface area contributed by atoms with Crippen molar-refractivity contribution in [1.29, 1.82) is 0 Å². The topological polar surface area (TPSA) is 78.5 Å². The molecule has 29 heavy (non-hydrogen) atoms. The van der Waals surface area contributed by atoms with Gasteiger partial charge in [0.15, 0.2) is 0 Å². The zero-order valence-electron chi connectivity index (χ0n) is 15.0. The van der Waals surface area contributed by atoms with Gasteiger partial charge in [-0.1, -0.05) is 12.1 Å². The fourth-order valence-corrected chi connectivity index (χ4v) is 3.53. The van der Waals surface area contributed by atoms with E-state index in [9.17, 15) is 27.6 Å². The molecule has 2 aromatic carbocycles. The van der Waals surface area contributed by atoms with Crippen LogP contribution in [-0.2, 0) is 15.8 Å². The number of hydrogen-bond donors (Lipinski definition) is 2. The number of alkyl halides is 3. The molecule has 1 saturated heterocycles. The normalized spacial score (nSPS) is 14.0. The number of rotatable bonds is 5. The maximum atomic E-state index is 12.8. The summed E-state index contributed by atoms with van der Waals surface area (Å²) in [6.45, 7) is -0.0908. The fraction of sp³-hybridized carbons (Fsp3) is 0.211. The van der Waals surface area contributed by atoms with E-state index >= 15 is 0 Å². The van der Waals surface area contributed by atoms with Gasteiger partial charge in [0.2, 0.25) is 11.8 Å². The Bertz CT molecular complexity index is 950. The second kappa shape index (κ2) is 8.56. The van der Waals surface area contributed by atoms with Crippen LogP contribution >= 0.6 is 11.8 Å². The summed E-state index contributed by atoms with van der Waals surface area (Å²) >= 11 is 1.42. The molecule has 6 nitrogen and oxygen atoms in total. The number of benzene rings is 2. The highest BCUT2D eigenvalue weighted by atomic mass is 32.2. The molecule has 0 aromatic heterocycles. The third-order valence-corrected chi connectivity index (χ3v) is 4.96. The number of thioether (sulfide) groups is 1. The molecule has 0 aliphatic carbocycles. The number of hydrogen-bond acceptors (Lipinski definition) is 4. The quantitative estimate of drug-likeness (QED) is 0.773. The Morgan fingerprint density at radius 1 is 1.03 bits per heavy atom. The molecule has 3 amide bonds. The van der Waals surface area contributed by atoms with E-state index in [0.717, 1.165) is 12.1 Å². The van der Waals surface area contributed by atoms with E-state index in [1.807, 2.05) is 0 Å². The molecule has 2 aromatic rings. The molecule has 0 radical (unpaired) electrons. The van der Waals surface area contributed by atoms with Gasteiger partial charge in [-0.05, 0) is 36.4 Å². The lowest BCUT2D eigenvalue weighted by molar-refractivity contribution is -0.137. The lowest BCUT2D eigenvalue weighted by Crippen LogP contribution is -2.34. The van der Waals surface area contributed by atoms with Crippen LogP contribution < -0.4 is 10.6 Å². The van der Waals surface area contributed by atoms with Crippen LogP contribution in [0.4, 0.5) is 24.5 Å². The Labute approximate surface area is 168 Å². The first kappa shape index (κ1) is 20.7. The SMILES string of the molecule is O=C(CN1CSCC1=O)Nc1cccc(C(=O)Nc2cccc(C(F)(F)F)c2)c1. The lowest BCUT2D eigenvalue weighted by Gasteiger charge is -2.14. The van der Waals surface area contributed by atoms with Crippen LogP contribution in [0.15, 0.2) is 48.5 Å². The number of nitrogens with one attached hydrogen (secondary N) is 2. The summed E-state index contributed by atoms with van der Waals surface area (Å²) in [6, 6.07) is 10.3. The monoisotopic (exact) mass is 423 g/mol. The highest BCUT2D eigenvalue weighted by molar-refractivity contribution is 8.00. The molecule has 0 unspecified atom stereocenters. The molecular weight excluding hydrogens is 407 g/mol. The first-order valence-corrected chi connectivity index (χ1v) is 9.62. The van der Waals surface area contributed by atoms with E-state index < -0.39 is 23.6 Å². The Morgan fingerprint density at radius 2 is 1.72 bits per heavy atom. The van der Waals surface area contributed by atoms with Gasteiger partial charge < -0.3 is 15.5 Å². The van der Waals surface area contributed by atoms with Gasteiger partial charge in [0.05, 0.1) is 17.2 Å².